The van der Waals surface area contributed by atoms with Gasteiger partial charge in [0.05, 0.1) is 0 Å². The maximum atomic E-state index is 12.8. The maximum absolute atomic E-state index is 12.8. The lowest BCUT2D eigenvalue weighted by Gasteiger charge is -2.18. The van der Waals surface area contributed by atoms with E-state index in [1.165, 1.54) is 0 Å². The van der Waals surface area contributed by atoms with Crippen LogP contribution in [0.3, 0.4) is 0 Å². The summed E-state index contributed by atoms with van der Waals surface area (Å²) < 4.78 is 16.7. The van der Waals surface area contributed by atoms with E-state index < -0.39 is 6.10 Å². The number of esters is 3. The SMILES string of the molecule is CC/C=C/C=C/C=C/C=C/C=C/CCCCCC(=O)OC(COC(=O)CCCCC/C=C/C/C=C/C/C=C/C/C=C/C/C=C/CC)COC(=O)CCCCCCC/C=C/C=C/C=C/CC. The van der Waals surface area contributed by atoms with Gasteiger partial charge in [-0.05, 0) is 103 Å². The number of unbranched alkanes of at least 4 members (excludes halogenated alkanes) is 11. The quantitative estimate of drug-likeness (QED) is 0.0200. The van der Waals surface area contributed by atoms with Crippen LogP contribution >= 0.6 is 0 Å². The van der Waals surface area contributed by atoms with Crippen molar-refractivity contribution in [3.8, 4) is 0 Å². The summed E-state index contributed by atoms with van der Waals surface area (Å²) in [6, 6.07) is 0. The molecule has 1 atom stereocenters. The van der Waals surface area contributed by atoms with E-state index in [1.807, 2.05) is 54.7 Å². The minimum Gasteiger partial charge on any atom is -0.462 e. The fraction of sp³-hybridized carbons (Fsp3) is 0.508. The van der Waals surface area contributed by atoms with Gasteiger partial charge < -0.3 is 14.2 Å². The predicted molar refractivity (Wildman–Crippen MR) is 278 cm³/mol. The first kappa shape index (κ1) is 60.0. The third-order valence-corrected chi connectivity index (χ3v) is 9.70. The van der Waals surface area contributed by atoms with Gasteiger partial charge >= 0.3 is 17.9 Å². The molecule has 0 amide bonds. The van der Waals surface area contributed by atoms with E-state index in [-0.39, 0.29) is 37.5 Å². The second-order valence-corrected chi connectivity index (χ2v) is 15.8. The van der Waals surface area contributed by atoms with Crippen molar-refractivity contribution >= 4 is 17.9 Å². The summed E-state index contributed by atoms with van der Waals surface area (Å²) in [5, 5.41) is 0. The summed E-state index contributed by atoms with van der Waals surface area (Å²) in [6.45, 7) is 6.13. The van der Waals surface area contributed by atoms with Crippen molar-refractivity contribution in [1.29, 1.82) is 0 Å². The number of hydrogen-bond acceptors (Lipinski definition) is 6. The van der Waals surface area contributed by atoms with Crippen molar-refractivity contribution in [3.05, 3.63) is 158 Å². The van der Waals surface area contributed by atoms with Crippen LogP contribution in [-0.2, 0) is 28.6 Å². The lowest BCUT2D eigenvalue weighted by atomic mass is 10.1. The molecule has 1 unspecified atom stereocenters. The Morgan fingerprint density at radius 3 is 1.06 bits per heavy atom. The van der Waals surface area contributed by atoms with Crippen molar-refractivity contribution in [2.24, 2.45) is 0 Å². The van der Waals surface area contributed by atoms with Crippen LogP contribution in [0.25, 0.3) is 0 Å². The fourth-order valence-electron chi connectivity index (χ4n) is 6.02. The maximum Gasteiger partial charge on any atom is 0.306 e. The normalized spacial score (nSPS) is 13.5. The standard InChI is InChI=1S/C59H88O6/c1-4-7-10-13-16-19-22-25-27-28-29-30-32-34-37-40-43-46-49-52-58(61)64-55-56(54-63-57(60)51-48-45-42-39-36-33-24-21-18-15-12-9-6-3)65-59(62)53-50-47-44-41-38-35-31-26-23-20-17-14-11-8-5-2/h7-12,14-21,23-27,29-31,34-35,37-38,56H,4-6,13,22,28,32-33,36,39-55H2,1-3H3/b10-7+,11-8+,12-9+,17-14+,18-15+,19-16+,23-20+,24-21+,27-25+,30-29+,31-26+,37-34+,38-35+. The van der Waals surface area contributed by atoms with E-state index in [1.54, 1.807) is 0 Å². The Bertz CT molecular complexity index is 1540. The predicted octanol–water partition coefficient (Wildman–Crippen LogP) is 16.6. The molecule has 0 rings (SSSR count). The highest BCUT2D eigenvalue weighted by Crippen LogP contribution is 2.11. The Morgan fingerprint density at radius 1 is 0.323 bits per heavy atom. The fourth-order valence-corrected chi connectivity index (χ4v) is 6.02. The van der Waals surface area contributed by atoms with Gasteiger partial charge in [0.1, 0.15) is 13.2 Å². The zero-order chi connectivity index (χ0) is 47.2. The van der Waals surface area contributed by atoms with Gasteiger partial charge in [-0.1, -0.05) is 211 Å². The van der Waals surface area contributed by atoms with Gasteiger partial charge in [-0.2, -0.15) is 0 Å². The molecule has 0 aliphatic rings. The molecule has 0 aromatic carbocycles. The van der Waals surface area contributed by atoms with Crippen LogP contribution in [-0.4, -0.2) is 37.2 Å². The molecule has 0 fully saturated rings. The molecule has 0 N–H and O–H groups in total. The number of carbonyl (C=O) groups excluding carboxylic acids is 3. The zero-order valence-corrected chi connectivity index (χ0v) is 40.9. The third kappa shape index (κ3) is 49.9. The molecular weight excluding hydrogens is 805 g/mol. The van der Waals surface area contributed by atoms with Crippen LogP contribution < -0.4 is 0 Å². The summed E-state index contributed by atoms with van der Waals surface area (Å²) in [6.07, 6.45) is 75.1. The van der Waals surface area contributed by atoms with Crippen LogP contribution in [0.4, 0.5) is 0 Å². The Kier molecular flexibility index (Phi) is 47.7. The first-order valence-electron chi connectivity index (χ1n) is 25.1. The van der Waals surface area contributed by atoms with Gasteiger partial charge in [-0.3, -0.25) is 14.4 Å². The minimum atomic E-state index is -0.830. The molecule has 0 spiro atoms. The largest absolute Gasteiger partial charge is 0.462 e. The second-order valence-electron chi connectivity index (χ2n) is 15.8. The lowest BCUT2D eigenvalue weighted by molar-refractivity contribution is -0.167. The molecular formula is C59H88O6. The number of carbonyl (C=O) groups is 3. The highest BCUT2D eigenvalue weighted by atomic mass is 16.6. The molecule has 0 saturated carbocycles. The molecule has 0 radical (unpaired) electrons. The van der Waals surface area contributed by atoms with Crippen molar-refractivity contribution in [3.63, 3.8) is 0 Å². The molecule has 6 heteroatoms. The molecule has 0 aromatic heterocycles. The number of allylic oxidation sites excluding steroid dienone is 26. The van der Waals surface area contributed by atoms with Gasteiger partial charge in [0.15, 0.2) is 6.10 Å². The molecule has 6 nitrogen and oxygen atoms in total. The smallest absolute Gasteiger partial charge is 0.306 e. The number of hydrogen-bond donors (Lipinski definition) is 0. The topological polar surface area (TPSA) is 78.9 Å². The second kappa shape index (κ2) is 51.7. The lowest BCUT2D eigenvalue weighted by Crippen LogP contribution is -2.30. The zero-order valence-electron chi connectivity index (χ0n) is 40.9. The molecule has 0 saturated heterocycles. The monoisotopic (exact) mass is 893 g/mol. The molecule has 360 valence electrons. The van der Waals surface area contributed by atoms with E-state index >= 15 is 0 Å². The van der Waals surface area contributed by atoms with Crippen molar-refractivity contribution in [2.45, 2.75) is 181 Å². The first-order valence-corrected chi connectivity index (χ1v) is 25.1. The van der Waals surface area contributed by atoms with E-state index in [9.17, 15) is 14.4 Å². The van der Waals surface area contributed by atoms with Gasteiger partial charge in [0.25, 0.3) is 0 Å². The average molecular weight is 893 g/mol. The highest BCUT2D eigenvalue weighted by molar-refractivity contribution is 5.71. The first-order chi connectivity index (χ1) is 32.0. The van der Waals surface area contributed by atoms with Gasteiger partial charge in [0.2, 0.25) is 0 Å². The Labute approximate surface area is 397 Å². The Balaban J connectivity index is 4.59. The molecule has 0 aliphatic heterocycles. The molecule has 65 heavy (non-hydrogen) atoms. The van der Waals surface area contributed by atoms with Crippen molar-refractivity contribution < 1.29 is 28.6 Å². The molecule has 0 aliphatic carbocycles. The highest BCUT2D eigenvalue weighted by Gasteiger charge is 2.19. The van der Waals surface area contributed by atoms with Crippen LogP contribution in [0, 0.1) is 0 Å². The Hall–Kier alpha value is -4.97. The van der Waals surface area contributed by atoms with Gasteiger partial charge in [0, 0.05) is 19.3 Å². The average Bonchev–Trinajstić information content (AvgIpc) is 3.30. The Morgan fingerprint density at radius 2 is 0.631 bits per heavy atom. The summed E-state index contributed by atoms with van der Waals surface area (Å²) >= 11 is 0. The van der Waals surface area contributed by atoms with Crippen LogP contribution in [0.15, 0.2) is 158 Å². The van der Waals surface area contributed by atoms with E-state index in [0.29, 0.717) is 19.3 Å². The van der Waals surface area contributed by atoms with Crippen molar-refractivity contribution in [2.75, 3.05) is 13.2 Å². The molecule has 0 aromatic rings. The van der Waals surface area contributed by atoms with Crippen LogP contribution in [0.1, 0.15) is 175 Å². The summed E-state index contributed by atoms with van der Waals surface area (Å²) in [5.41, 5.74) is 0. The van der Waals surface area contributed by atoms with E-state index in [2.05, 4.69) is 124 Å². The number of rotatable bonds is 42. The van der Waals surface area contributed by atoms with Crippen molar-refractivity contribution in [1.82, 2.24) is 0 Å². The third-order valence-electron chi connectivity index (χ3n) is 9.70. The number of ether oxygens (including phenoxy) is 3. The molecule has 0 heterocycles. The summed E-state index contributed by atoms with van der Waals surface area (Å²) in [4.78, 5) is 38.0. The van der Waals surface area contributed by atoms with Crippen LogP contribution in [0.5, 0.6) is 0 Å². The van der Waals surface area contributed by atoms with E-state index in [0.717, 1.165) is 128 Å². The summed E-state index contributed by atoms with van der Waals surface area (Å²) in [5.74, 6) is -1.04. The van der Waals surface area contributed by atoms with Gasteiger partial charge in [-0.25, -0.2) is 0 Å². The summed E-state index contributed by atoms with van der Waals surface area (Å²) in [7, 11) is 0. The van der Waals surface area contributed by atoms with Crippen LogP contribution in [0.2, 0.25) is 0 Å². The van der Waals surface area contributed by atoms with Gasteiger partial charge in [-0.15, -0.1) is 0 Å². The molecule has 0 bridgehead atoms. The van der Waals surface area contributed by atoms with E-state index in [4.69, 9.17) is 14.2 Å². The minimum absolute atomic E-state index is 0.125.